The summed E-state index contributed by atoms with van der Waals surface area (Å²) in [5.74, 6) is -0.705. The third kappa shape index (κ3) is 4.47. The summed E-state index contributed by atoms with van der Waals surface area (Å²) in [6.45, 7) is 0. The molecule has 0 unspecified atom stereocenters. The highest BCUT2D eigenvalue weighted by Gasteiger charge is 2.30. The van der Waals surface area contributed by atoms with Gasteiger partial charge in [0.15, 0.2) is 0 Å². The zero-order chi connectivity index (χ0) is 21.0. The fourth-order valence-electron chi connectivity index (χ4n) is 2.68. The molecule has 1 amide bonds. The highest BCUT2D eigenvalue weighted by molar-refractivity contribution is 6.11. The number of phenolic OH excluding ortho intramolecular Hbond substituents is 1. The smallest absolute Gasteiger partial charge is 0.416 e. The number of rotatable bonds is 4. The number of carbonyl (C=O) groups is 1. The average Bonchev–Trinajstić information content (AvgIpc) is 2.69. The van der Waals surface area contributed by atoms with Gasteiger partial charge >= 0.3 is 6.18 Å². The molecule has 0 aliphatic rings. The van der Waals surface area contributed by atoms with Crippen LogP contribution in [0, 0.1) is 11.3 Å². The van der Waals surface area contributed by atoms with Crippen LogP contribution < -0.4 is 10.6 Å². The first kappa shape index (κ1) is 19.8. The zero-order valence-electron chi connectivity index (χ0n) is 14.8. The Labute approximate surface area is 163 Å². The Morgan fingerprint density at radius 1 is 1.03 bits per heavy atom. The molecule has 0 spiro atoms. The minimum atomic E-state index is -4.50. The van der Waals surface area contributed by atoms with Crippen LogP contribution in [0.2, 0.25) is 0 Å². The lowest BCUT2D eigenvalue weighted by molar-refractivity contribution is -0.137. The van der Waals surface area contributed by atoms with Gasteiger partial charge in [0.1, 0.15) is 17.4 Å². The average molecular weight is 397 g/mol. The van der Waals surface area contributed by atoms with Crippen molar-refractivity contribution in [2.24, 2.45) is 0 Å². The number of carbonyl (C=O) groups excluding carboxylic acids is 1. The molecule has 29 heavy (non-hydrogen) atoms. The molecule has 5 nitrogen and oxygen atoms in total. The summed E-state index contributed by atoms with van der Waals surface area (Å²) in [6.07, 6.45) is -3.47. The van der Waals surface area contributed by atoms with Gasteiger partial charge in [0.2, 0.25) is 0 Å². The molecule has 0 aliphatic heterocycles. The van der Waals surface area contributed by atoms with Gasteiger partial charge in [-0.1, -0.05) is 30.3 Å². The summed E-state index contributed by atoms with van der Waals surface area (Å²) in [4.78, 5) is 12.4. The molecule has 3 aromatic rings. The molecule has 0 fully saturated rings. The Balaban J connectivity index is 1.82. The molecule has 0 aliphatic carbocycles. The fraction of sp³-hybridized carbons (Fsp3) is 0.0476. The van der Waals surface area contributed by atoms with Crippen LogP contribution in [-0.4, -0.2) is 11.0 Å². The Morgan fingerprint density at radius 2 is 1.72 bits per heavy atom. The molecule has 0 saturated heterocycles. The van der Waals surface area contributed by atoms with Crippen LogP contribution in [0.25, 0.3) is 10.8 Å². The SMILES string of the molecule is N#C/C(=C/Nc1cccc(C(F)(F)F)c1)C(=O)Nc1cccc2c(O)cccc12. The minimum Gasteiger partial charge on any atom is -0.507 e. The van der Waals surface area contributed by atoms with Crippen LogP contribution in [0.5, 0.6) is 5.75 Å². The van der Waals surface area contributed by atoms with E-state index >= 15 is 0 Å². The van der Waals surface area contributed by atoms with Gasteiger partial charge in [-0.3, -0.25) is 4.79 Å². The summed E-state index contributed by atoms with van der Waals surface area (Å²) >= 11 is 0. The number of hydrogen-bond donors (Lipinski definition) is 3. The second-order valence-corrected chi connectivity index (χ2v) is 6.02. The molecule has 0 radical (unpaired) electrons. The van der Waals surface area contributed by atoms with Crippen molar-refractivity contribution in [3.05, 3.63) is 78.0 Å². The number of amides is 1. The summed E-state index contributed by atoms with van der Waals surface area (Å²) in [5.41, 5.74) is -0.729. The summed E-state index contributed by atoms with van der Waals surface area (Å²) < 4.78 is 38.3. The predicted molar refractivity (Wildman–Crippen MR) is 103 cm³/mol. The fourth-order valence-corrected chi connectivity index (χ4v) is 2.68. The van der Waals surface area contributed by atoms with E-state index in [0.29, 0.717) is 16.5 Å². The topological polar surface area (TPSA) is 85.2 Å². The monoisotopic (exact) mass is 397 g/mol. The van der Waals surface area contributed by atoms with Gasteiger partial charge in [-0.25, -0.2) is 0 Å². The number of anilines is 2. The quantitative estimate of drug-likeness (QED) is 0.426. The lowest BCUT2D eigenvalue weighted by atomic mass is 10.1. The molecule has 0 bridgehead atoms. The highest BCUT2D eigenvalue weighted by atomic mass is 19.4. The van der Waals surface area contributed by atoms with Crippen LogP contribution >= 0.6 is 0 Å². The Bertz CT molecular complexity index is 1150. The first-order valence-electron chi connectivity index (χ1n) is 8.36. The Kier molecular flexibility index (Phi) is 5.41. The van der Waals surface area contributed by atoms with E-state index in [1.54, 1.807) is 36.4 Å². The highest BCUT2D eigenvalue weighted by Crippen LogP contribution is 2.31. The maximum absolute atomic E-state index is 12.8. The van der Waals surface area contributed by atoms with E-state index in [1.807, 2.05) is 0 Å². The number of phenols is 1. The number of hydrogen-bond acceptors (Lipinski definition) is 4. The number of nitrogens with one attached hydrogen (secondary N) is 2. The molecule has 3 rings (SSSR count). The molecule has 0 atom stereocenters. The lowest BCUT2D eigenvalue weighted by Crippen LogP contribution is -2.15. The Morgan fingerprint density at radius 3 is 2.45 bits per heavy atom. The molecule has 8 heteroatoms. The number of nitrogens with zero attached hydrogens (tertiary/aromatic N) is 1. The van der Waals surface area contributed by atoms with Gasteiger partial charge in [-0.15, -0.1) is 0 Å². The number of nitriles is 1. The van der Waals surface area contributed by atoms with Crippen molar-refractivity contribution in [1.82, 2.24) is 0 Å². The van der Waals surface area contributed by atoms with Crippen molar-refractivity contribution >= 4 is 28.1 Å². The van der Waals surface area contributed by atoms with Gasteiger partial charge in [0, 0.05) is 28.3 Å². The third-order valence-electron chi connectivity index (χ3n) is 4.09. The van der Waals surface area contributed by atoms with E-state index in [1.165, 1.54) is 18.2 Å². The largest absolute Gasteiger partial charge is 0.507 e. The minimum absolute atomic E-state index is 0.0425. The summed E-state index contributed by atoms with van der Waals surface area (Å²) in [5, 5.41) is 25.4. The lowest BCUT2D eigenvalue weighted by Gasteiger charge is -2.10. The second kappa shape index (κ2) is 7.94. The van der Waals surface area contributed by atoms with Crippen molar-refractivity contribution in [3.63, 3.8) is 0 Å². The molecular weight excluding hydrogens is 383 g/mol. The number of fused-ring (bicyclic) bond motifs is 1. The zero-order valence-corrected chi connectivity index (χ0v) is 14.8. The summed E-state index contributed by atoms with van der Waals surface area (Å²) in [6, 6.07) is 15.8. The van der Waals surface area contributed by atoms with Gasteiger partial charge in [-0.05, 0) is 30.3 Å². The van der Waals surface area contributed by atoms with Gasteiger partial charge in [0.05, 0.1) is 5.56 Å². The number of alkyl halides is 3. The predicted octanol–water partition coefficient (Wildman–Crippen LogP) is 5.02. The van der Waals surface area contributed by atoms with Crippen molar-refractivity contribution in [1.29, 1.82) is 5.26 Å². The van der Waals surface area contributed by atoms with E-state index in [2.05, 4.69) is 10.6 Å². The normalized spacial score (nSPS) is 11.7. The summed E-state index contributed by atoms with van der Waals surface area (Å²) in [7, 11) is 0. The van der Waals surface area contributed by atoms with Crippen LogP contribution in [0.3, 0.4) is 0 Å². The van der Waals surface area contributed by atoms with E-state index < -0.39 is 17.6 Å². The first-order chi connectivity index (χ1) is 13.8. The van der Waals surface area contributed by atoms with Gasteiger partial charge in [0.25, 0.3) is 5.91 Å². The molecule has 0 heterocycles. The Hall–Kier alpha value is -3.99. The first-order valence-corrected chi connectivity index (χ1v) is 8.36. The molecule has 146 valence electrons. The molecule has 3 N–H and O–H groups in total. The van der Waals surface area contributed by atoms with E-state index in [0.717, 1.165) is 18.3 Å². The second-order valence-electron chi connectivity index (χ2n) is 6.02. The van der Waals surface area contributed by atoms with Crippen LogP contribution in [-0.2, 0) is 11.0 Å². The van der Waals surface area contributed by atoms with Gasteiger partial charge in [-0.2, -0.15) is 18.4 Å². The van der Waals surface area contributed by atoms with Crippen LogP contribution in [0.1, 0.15) is 5.56 Å². The van der Waals surface area contributed by atoms with Crippen molar-refractivity contribution in [2.45, 2.75) is 6.18 Å². The molecule has 3 aromatic carbocycles. The molecular formula is C21H14F3N3O2. The van der Waals surface area contributed by atoms with E-state index in [9.17, 15) is 28.3 Å². The standard InChI is InChI=1S/C21H14F3N3O2/c22-21(23,24)14-4-1-5-15(10-14)26-12-13(11-25)20(29)27-18-8-2-7-17-16(18)6-3-9-19(17)28/h1-10,12,26,28H,(H,27,29)/b13-12-. The van der Waals surface area contributed by atoms with Crippen LogP contribution in [0.4, 0.5) is 24.5 Å². The number of benzene rings is 3. The van der Waals surface area contributed by atoms with Crippen LogP contribution in [0.15, 0.2) is 72.4 Å². The van der Waals surface area contributed by atoms with Crippen molar-refractivity contribution < 1.29 is 23.1 Å². The van der Waals surface area contributed by atoms with E-state index in [4.69, 9.17) is 0 Å². The molecule has 0 aromatic heterocycles. The van der Waals surface area contributed by atoms with Crippen molar-refractivity contribution in [3.8, 4) is 11.8 Å². The number of aromatic hydroxyl groups is 1. The third-order valence-corrected chi connectivity index (χ3v) is 4.09. The number of halogens is 3. The van der Waals surface area contributed by atoms with Crippen molar-refractivity contribution in [2.75, 3.05) is 10.6 Å². The maximum atomic E-state index is 12.8. The van der Waals surface area contributed by atoms with E-state index in [-0.39, 0.29) is 17.0 Å². The van der Waals surface area contributed by atoms with Gasteiger partial charge < -0.3 is 15.7 Å². The maximum Gasteiger partial charge on any atom is 0.416 e. The molecule has 0 saturated carbocycles.